The number of rotatable bonds is 2. The standard InChI is InChI=1S/C11H18ClFN6/c1-6-4-19(5-7(2)18(6)3)10-8(13)9(17-14)15-11(12)16-10/h6-7H,4-5,14H2,1-3H3,(H,15,16,17)/t6-,7+. The minimum atomic E-state index is -0.573. The normalized spacial score (nSPS) is 24.6. The second kappa shape index (κ2) is 5.44. The smallest absolute Gasteiger partial charge is 0.226 e. The van der Waals surface area contributed by atoms with Crippen molar-refractivity contribution in [3.8, 4) is 0 Å². The van der Waals surface area contributed by atoms with Gasteiger partial charge in [0.25, 0.3) is 0 Å². The van der Waals surface area contributed by atoms with Crippen molar-refractivity contribution < 1.29 is 4.39 Å². The van der Waals surface area contributed by atoms with Crippen LogP contribution in [0.15, 0.2) is 0 Å². The van der Waals surface area contributed by atoms with Gasteiger partial charge in [-0.1, -0.05) is 0 Å². The molecule has 106 valence electrons. The van der Waals surface area contributed by atoms with Crippen LogP contribution in [0.25, 0.3) is 0 Å². The molecule has 0 spiro atoms. The van der Waals surface area contributed by atoms with Crippen LogP contribution in [-0.4, -0.2) is 47.1 Å². The molecular weight excluding hydrogens is 271 g/mol. The van der Waals surface area contributed by atoms with Gasteiger partial charge in [-0.2, -0.15) is 14.4 Å². The van der Waals surface area contributed by atoms with Crippen LogP contribution >= 0.6 is 11.6 Å². The summed E-state index contributed by atoms with van der Waals surface area (Å²) in [7, 11) is 2.06. The van der Waals surface area contributed by atoms with Crippen LogP contribution in [0.2, 0.25) is 5.28 Å². The number of hydrogen-bond donors (Lipinski definition) is 2. The van der Waals surface area contributed by atoms with Gasteiger partial charge in [-0.3, -0.25) is 4.90 Å². The summed E-state index contributed by atoms with van der Waals surface area (Å²) in [6, 6.07) is 0.595. The molecular formula is C11H18ClFN6. The zero-order valence-electron chi connectivity index (χ0n) is 11.2. The summed E-state index contributed by atoms with van der Waals surface area (Å²) < 4.78 is 14.2. The average Bonchev–Trinajstić information content (AvgIpc) is 2.37. The van der Waals surface area contributed by atoms with Crippen LogP contribution in [0.3, 0.4) is 0 Å². The molecule has 0 amide bonds. The summed E-state index contributed by atoms with van der Waals surface area (Å²) in [6.45, 7) is 5.53. The van der Waals surface area contributed by atoms with Gasteiger partial charge in [-0.15, -0.1) is 0 Å². The molecule has 8 heteroatoms. The molecule has 1 aliphatic heterocycles. The van der Waals surface area contributed by atoms with Crippen molar-refractivity contribution in [3.05, 3.63) is 11.1 Å². The molecule has 0 aromatic carbocycles. The Hall–Kier alpha value is -1.18. The SMILES string of the molecule is C[C@@H]1CN(c2nc(Cl)nc(NN)c2F)C[C@H](C)N1C. The maximum atomic E-state index is 14.2. The zero-order valence-corrected chi connectivity index (χ0v) is 11.9. The van der Waals surface area contributed by atoms with E-state index in [0.717, 1.165) is 0 Å². The van der Waals surface area contributed by atoms with Crippen LogP contribution in [0, 0.1) is 5.82 Å². The van der Waals surface area contributed by atoms with E-state index in [1.165, 1.54) is 0 Å². The van der Waals surface area contributed by atoms with E-state index in [4.69, 9.17) is 17.4 Å². The van der Waals surface area contributed by atoms with E-state index < -0.39 is 5.82 Å². The van der Waals surface area contributed by atoms with Gasteiger partial charge < -0.3 is 10.3 Å². The maximum Gasteiger partial charge on any atom is 0.226 e. The van der Waals surface area contributed by atoms with Crippen molar-refractivity contribution in [1.29, 1.82) is 0 Å². The van der Waals surface area contributed by atoms with E-state index in [9.17, 15) is 4.39 Å². The first-order valence-corrected chi connectivity index (χ1v) is 6.48. The van der Waals surface area contributed by atoms with Gasteiger partial charge in [0.05, 0.1) is 0 Å². The summed E-state index contributed by atoms with van der Waals surface area (Å²) in [4.78, 5) is 11.8. The molecule has 2 heterocycles. The third-order valence-electron chi connectivity index (χ3n) is 3.60. The predicted molar refractivity (Wildman–Crippen MR) is 73.7 cm³/mol. The van der Waals surface area contributed by atoms with Gasteiger partial charge in [0.15, 0.2) is 11.6 Å². The van der Waals surface area contributed by atoms with Crippen molar-refractivity contribution in [1.82, 2.24) is 14.9 Å². The third kappa shape index (κ3) is 2.72. The molecule has 0 saturated carbocycles. The molecule has 0 radical (unpaired) electrons. The topological polar surface area (TPSA) is 70.3 Å². The van der Waals surface area contributed by atoms with Crippen molar-refractivity contribution in [2.45, 2.75) is 25.9 Å². The summed E-state index contributed by atoms with van der Waals surface area (Å²) in [5, 5.41) is -0.0245. The van der Waals surface area contributed by atoms with Gasteiger partial charge >= 0.3 is 0 Å². The summed E-state index contributed by atoms with van der Waals surface area (Å²) in [5.74, 6) is 4.76. The molecule has 0 unspecified atom stereocenters. The van der Waals surface area contributed by atoms with Crippen LogP contribution in [-0.2, 0) is 0 Å². The Morgan fingerprint density at radius 3 is 2.42 bits per heavy atom. The summed E-state index contributed by atoms with van der Waals surface area (Å²) in [5.41, 5.74) is 2.20. The van der Waals surface area contributed by atoms with E-state index in [2.05, 4.69) is 41.2 Å². The first-order chi connectivity index (χ1) is 8.93. The highest BCUT2D eigenvalue weighted by molar-refractivity contribution is 6.28. The fourth-order valence-corrected chi connectivity index (χ4v) is 2.46. The van der Waals surface area contributed by atoms with E-state index in [-0.39, 0.29) is 16.9 Å². The average molecular weight is 289 g/mol. The number of nitrogens with zero attached hydrogens (tertiary/aromatic N) is 4. The lowest BCUT2D eigenvalue weighted by molar-refractivity contribution is 0.169. The molecule has 0 bridgehead atoms. The van der Waals surface area contributed by atoms with Crippen LogP contribution in [0.5, 0.6) is 0 Å². The number of anilines is 2. The number of likely N-dealkylation sites (N-methyl/N-ethyl adjacent to an activating group) is 1. The minimum Gasteiger partial charge on any atom is -0.351 e. The number of nitrogens with one attached hydrogen (secondary N) is 1. The second-order valence-electron chi connectivity index (χ2n) is 4.89. The van der Waals surface area contributed by atoms with E-state index in [1.54, 1.807) is 0 Å². The molecule has 6 nitrogen and oxygen atoms in total. The van der Waals surface area contributed by atoms with Gasteiger partial charge in [0.1, 0.15) is 0 Å². The maximum absolute atomic E-state index is 14.2. The molecule has 3 N–H and O–H groups in total. The Balaban J connectivity index is 2.34. The number of hydrogen-bond acceptors (Lipinski definition) is 6. The third-order valence-corrected chi connectivity index (χ3v) is 3.77. The molecule has 1 aliphatic rings. The van der Waals surface area contributed by atoms with Crippen molar-refractivity contribution in [3.63, 3.8) is 0 Å². The quantitative estimate of drug-likeness (QED) is 0.482. The fraction of sp³-hybridized carbons (Fsp3) is 0.636. The van der Waals surface area contributed by atoms with Crippen molar-refractivity contribution in [2.75, 3.05) is 30.5 Å². The number of nitrogens with two attached hydrogens (primary N) is 1. The Morgan fingerprint density at radius 2 is 1.89 bits per heavy atom. The first kappa shape index (κ1) is 14.2. The second-order valence-corrected chi connectivity index (χ2v) is 5.23. The Labute approximate surface area is 116 Å². The monoisotopic (exact) mass is 288 g/mol. The number of hydrazine groups is 1. The first-order valence-electron chi connectivity index (χ1n) is 6.10. The molecule has 19 heavy (non-hydrogen) atoms. The summed E-state index contributed by atoms with van der Waals surface area (Å²) >= 11 is 5.80. The lowest BCUT2D eigenvalue weighted by Gasteiger charge is -2.43. The molecule has 0 aliphatic carbocycles. The molecule has 1 aromatic heterocycles. The molecule has 1 aromatic rings. The van der Waals surface area contributed by atoms with Gasteiger partial charge in [-0.05, 0) is 32.5 Å². The Bertz CT molecular complexity index is 459. The van der Waals surface area contributed by atoms with Gasteiger partial charge in [0.2, 0.25) is 11.1 Å². The molecule has 2 atom stereocenters. The summed E-state index contributed by atoms with van der Waals surface area (Å²) in [6.07, 6.45) is 0. The molecule has 1 fully saturated rings. The zero-order chi connectivity index (χ0) is 14.2. The van der Waals surface area contributed by atoms with Crippen LogP contribution in [0.4, 0.5) is 16.0 Å². The molecule has 1 saturated heterocycles. The highest BCUT2D eigenvalue weighted by Crippen LogP contribution is 2.26. The number of piperazine rings is 1. The van der Waals surface area contributed by atoms with E-state index in [0.29, 0.717) is 25.2 Å². The Morgan fingerprint density at radius 1 is 1.32 bits per heavy atom. The van der Waals surface area contributed by atoms with E-state index >= 15 is 0 Å². The Kier molecular flexibility index (Phi) is 4.07. The highest BCUT2D eigenvalue weighted by atomic mass is 35.5. The minimum absolute atomic E-state index is 0.0245. The van der Waals surface area contributed by atoms with Gasteiger partial charge in [0, 0.05) is 25.2 Å². The van der Waals surface area contributed by atoms with E-state index in [1.807, 2.05) is 4.90 Å². The lowest BCUT2D eigenvalue weighted by atomic mass is 10.1. The van der Waals surface area contributed by atoms with Gasteiger partial charge in [-0.25, -0.2) is 5.84 Å². The number of aromatic nitrogens is 2. The van der Waals surface area contributed by atoms with Crippen molar-refractivity contribution in [2.24, 2.45) is 5.84 Å². The number of halogens is 2. The van der Waals surface area contributed by atoms with Crippen molar-refractivity contribution >= 4 is 23.2 Å². The fourth-order valence-electron chi connectivity index (χ4n) is 2.29. The number of nitrogen functional groups attached to an aromatic ring is 1. The predicted octanol–water partition coefficient (Wildman–Crippen LogP) is 1.08. The van der Waals surface area contributed by atoms with Crippen LogP contribution in [0.1, 0.15) is 13.8 Å². The largest absolute Gasteiger partial charge is 0.351 e. The highest BCUT2D eigenvalue weighted by Gasteiger charge is 2.30. The molecule has 2 rings (SSSR count). The van der Waals surface area contributed by atoms with Crippen LogP contribution < -0.4 is 16.2 Å². The lowest BCUT2D eigenvalue weighted by Crippen LogP contribution is -2.55.